The number of carbonyl (C=O) groups excluding carboxylic acids is 1. The van der Waals surface area contributed by atoms with Crippen LogP contribution in [0.15, 0.2) is 36.9 Å². The van der Waals surface area contributed by atoms with Crippen LogP contribution in [-0.4, -0.2) is 31.6 Å². The summed E-state index contributed by atoms with van der Waals surface area (Å²) in [5.74, 6) is 0.722. The Balaban J connectivity index is 0.00000200. The largest absolute Gasteiger partial charge is 0.490 e. The predicted molar refractivity (Wildman–Crippen MR) is 82.7 cm³/mol. The van der Waals surface area contributed by atoms with Gasteiger partial charge in [-0.2, -0.15) is 0 Å². The molecule has 1 aliphatic heterocycles. The Hall–Kier alpha value is -1.52. The highest BCUT2D eigenvalue weighted by atomic mass is 35.5. The fourth-order valence-corrected chi connectivity index (χ4v) is 2.10. The second-order valence-corrected chi connectivity index (χ2v) is 4.64. The van der Waals surface area contributed by atoms with Crippen LogP contribution in [0.1, 0.15) is 23.2 Å². The van der Waals surface area contributed by atoms with E-state index >= 15 is 0 Å². The van der Waals surface area contributed by atoms with Crippen molar-refractivity contribution in [2.75, 3.05) is 19.7 Å². The zero-order valence-corrected chi connectivity index (χ0v) is 12.2. The van der Waals surface area contributed by atoms with Gasteiger partial charge in [0, 0.05) is 18.2 Å². The van der Waals surface area contributed by atoms with E-state index in [-0.39, 0.29) is 24.4 Å². The average Bonchev–Trinajstić information content (AvgIpc) is 2.46. The maximum absolute atomic E-state index is 12.0. The first-order valence-electron chi connectivity index (χ1n) is 6.65. The summed E-state index contributed by atoms with van der Waals surface area (Å²) in [4.78, 5) is 12.0. The molecule has 110 valence electrons. The summed E-state index contributed by atoms with van der Waals surface area (Å²) in [5.41, 5.74) is 0.663. The highest BCUT2D eigenvalue weighted by molar-refractivity contribution is 5.94. The molecule has 1 fully saturated rings. The second-order valence-electron chi connectivity index (χ2n) is 4.64. The van der Waals surface area contributed by atoms with Crippen molar-refractivity contribution in [3.8, 4) is 5.75 Å². The average molecular weight is 297 g/mol. The Morgan fingerprint density at radius 1 is 1.45 bits per heavy atom. The van der Waals surface area contributed by atoms with Gasteiger partial charge < -0.3 is 15.4 Å². The molecular formula is C15H21ClN2O2. The molecule has 1 saturated heterocycles. The van der Waals surface area contributed by atoms with Crippen LogP contribution in [0, 0.1) is 0 Å². The van der Waals surface area contributed by atoms with Gasteiger partial charge in [-0.05, 0) is 43.7 Å². The summed E-state index contributed by atoms with van der Waals surface area (Å²) >= 11 is 0. The number of benzene rings is 1. The van der Waals surface area contributed by atoms with Crippen LogP contribution >= 0.6 is 12.4 Å². The van der Waals surface area contributed by atoms with Crippen LogP contribution in [0.5, 0.6) is 5.75 Å². The Morgan fingerprint density at radius 2 is 2.20 bits per heavy atom. The summed E-state index contributed by atoms with van der Waals surface area (Å²) in [5, 5.41) is 6.32. The third-order valence-electron chi connectivity index (χ3n) is 3.12. The third-order valence-corrected chi connectivity index (χ3v) is 3.12. The molecule has 20 heavy (non-hydrogen) atoms. The topological polar surface area (TPSA) is 50.4 Å². The molecule has 1 aromatic rings. The fourth-order valence-electron chi connectivity index (χ4n) is 2.10. The number of ether oxygens (including phenoxy) is 1. The predicted octanol–water partition coefficient (Wildman–Crippen LogP) is 2.16. The van der Waals surface area contributed by atoms with Gasteiger partial charge in [0.15, 0.2) is 0 Å². The van der Waals surface area contributed by atoms with Gasteiger partial charge in [-0.25, -0.2) is 0 Å². The van der Waals surface area contributed by atoms with Gasteiger partial charge in [0.1, 0.15) is 12.4 Å². The molecule has 1 aromatic carbocycles. The first-order chi connectivity index (χ1) is 9.29. The number of hydrogen-bond acceptors (Lipinski definition) is 3. The van der Waals surface area contributed by atoms with Gasteiger partial charge in [-0.1, -0.05) is 12.7 Å². The van der Waals surface area contributed by atoms with Crippen molar-refractivity contribution >= 4 is 18.3 Å². The van der Waals surface area contributed by atoms with E-state index in [0.717, 1.165) is 31.7 Å². The summed E-state index contributed by atoms with van der Waals surface area (Å²) in [6.07, 6.45) is 3.84. The van der Waals surface area contributed by atoms with Gasteiger partial charge in [0.05, 0.1) is 0 Å². The fraction of sp³-hybridized carbons (Fsp3) is 0.400. The monoisotopic (exact) mass is 296 g/mol. The van der Waals surface area contributed by atoms with Crippen molar-refractivity contribution in [2.24, 2.45) is 0 Å². The molecule has 1 aliphatic rings. The van der Waals surface area contributed by atoms with Crippen molar-refractivity contribution < 1.29 is 9.53 Å². The van der Waals surface area contributed by atoms with E-state index in [4.69, 9.17) is 4.74 Å². The molecule has 0 unspecified atom stereocenters. The molecular weight excluding hydrogens is 276 g/mol. The second kappa shape index (κ2) is 8.61. The number of nitrogens with one attached hydrogen (secondary N) is 2. The number of halogens is 1. The number of piperidine rings is 1. The lowest BCUT2D eigenvalue weighted by Gasteiger charge is -2.23. The normalized spacial score (nSPS) is 17.7. The number of hydrogen-bond donors (Lipinski definition) is 2. The zero-order valence-electron chi connectivity index (χ0n) is 11.4. The van der Waals surface area contributed by atoms with Gasteiger partial charge in [-0.3, -0.25) is 4.79 Å². The Kier molecular flexibility index (Phi) is 7.12. The molecule has 1 amide bonds. The molecule has 5 heteroatoms. The maximum Gasteiger partial charge on any atom is 0.251 e. The van der Waals surface area contributed by atoms with E-state index in [1.54, 1.807) is 30.3 Å². The lowest BCUT2D eigenvalue weighted by molar-refractivity contribution is 0.0930. The minimum absolute atomic E-state index is 0. The van der Waals surface area contributed by atoms with Crippen LogP contribution in [0.25, 0.3) is 0 Å². The number of amides is 1. The summed E-state index contributed by atoms with van der Waals surface area (Å²) < 4.78 is 5.38. The van der Waals surface area contributed by atoms with Gasteiger partial charge in [0.25, 0.3) is 5.91 Å². The molecule has 0 saturated carbocycles. The van der Waals surface area contributed by atoms with E-state index in [1.165, 1.54) is 0 Å². The highest BCUT2D eigenvalue weighted by Gasteiger charge is 2.16. The Morgan fingerprint density at radius 3 is 2.80 bits per heavy atom. The molecule has 2 rings (SSSR count). The smallest absolute Gasteiger partial charge is 0.251 e. The van der Waals surface area contributed by atoms with Crippen LogP contribution in [0.3, 0.4) is 0 Å². The van der Waals surface area contributed by atoms with Crippen molar-refractivity contribution in [1.29, 1.82) is 0 Å². The van der Waals surface area contributed by atoms with E-state index in [2.05, 4.69) is 17.2 Å². The number of rotatable bonds is 5. The van der Waals surface area contributed by atoms with Crippen LogP contribution < -0.4 is 15.4 Å². The van der Waals surface area contributed by atoms with Crippen molar-refractivity contribution in [1.82, 2.24) is 10.6 Å². The van der Waals surface area contributed by atoms with Crippen LogP contribution in [-0.2, 0) is 0 Å². The summed E-state index contributed by atoms with van der Waals surface area (Å²) in [7, 11) is 0. The Bertz CT molecular complexity index is 428. The SMILES string of the molecule is C=CCOc1ccc(C(=O)N[C@H]2CCCNC2)cc1.Cl. The first kappa shape index (κ1) is 16.5. The first-order valence-corrected chi connectivity index (χ1v) is 6.65. The van der Waals surface area contributed by atoms with Crippen LogP contribution in [0.2, 0.25) is 0 Å². The molecule has 4 nitrogen and oxygen atoms in total. The third kappa shape index (κ3) is 4.87. The maximum atomic E-state index is 12.0. The molecule has 1 atom stereocenters. The van der Waals surface area contributed by atoms with Crippen molar-refractivity contribution in [3.63, 3.8) is 0 Å². The summed E-state index contributed by atoms with van der Waals surface area (Å²) in [6.45, 7) is 5.96. The lowest BCUT2D eigenvalue weighted by Crippen LogP contribution is -2.45. The molecule has 2 N–H and O–H groups in total. The van der Waals surface area contributed by atoms with Crippen LogP contribution in [0.4, 0.5) is 0 Å². The van der Waals surface area contributed by atoms with E-state index in [1.807, 2.05) is 0 Å². The molecule has 0 bridgehead atoms. The zero-order chi connectivity index (χ0) is 13.5. The lowest BCUT2D eigenvalue weighted by atomic mass is 10.1. The van der Waals surface area contributed by atoms with Gasteiger partial charge >= 0.3 is 0 Å². The standard InChI is InChI=1S/C15H20N2O2.ClH/c1-2-10-19-14-7-5-12(6-8-14)15(18)17-13-4-3-9-16-11-13;/h2,5-8,13,16H,1,3-4,9-11H2,(H,17,18);1H/t13-;/m0./s1. The number of carbonyl (C=O) groups is 1. The minimum Gasteiger partial charge on any atom is -0.490 e. The minimum atomic E-state index is -0.0241. The van der Waals surface area contributed by atoms with Crippen molar-refractivity contribution in [3.05, 3.63) is 42.5 Å². The molecule has 0 aromatic heterocycles. The molecule has 0 radical (unpaired) electrons. The van der Waals surface area contributed by atoms with Crippen molar-refractivity contribution in [2.45, 2.75) is 18.9 Å². The Labute approximate surface area is 126 Å². The quantitative estimate of drug-likeness (QED) is 0.819. The highest BCUT2D eigenvalue weighted by Crippen LogP contribution is 2.12. The molecule has 0 spiro atoms. The van der Waals surface area contributed by atoms with E-state index < -0.39 is 0 Å². The molecule has 0 aliphatic carbocycles. The van der Waals surface area contributed by atoms with Gasteiger partial charge in [0.2, 0.25) is 0 Å². The summed E-state index contributed by atoms with van der Waals surface area (Å²) in [6, 6.07) is 7.40. The van der Waals surface area contributed by atoms with E-state index in [0.29, 0.717) is 12.2 Å². The molecule has 1 heterocycles. The van der Waals surface area contributed by atoms with E-state index in [9.17, 15) is 4.79 Å². The van der Waals surface area contributed by atoms with Gasteiger partial charge in [-0.15, -0.1) is 12.4 Å².